The number of nitrogens with one attached hydrogen (secondary N) is 2. The van der Waals surface area contributed by atoms with E-state index in [1.54, 1.807) is 0 Å². The highest BCUT2D eigenvalue weighted by Crippen LogP contribution is 2.25. The minimum absolute atomic E-state index is 0.0833. The maximum Gasteiger partial charge on any atom is 0.251 e. The van der Waals surface area contributed by atoms with Gasteiger partial charge < -0.3 is 5.32 Å². The van der Waals surface area contributed by atoms with Crippen molar-refractivity contribution in [3.05, 3.63) is 41.2 Å². The summed E-state index contributed by atoms with van der Waals surface area (Å²) >= 11 is 0. The van der Waals surface area contributed by atoms with Gasteiger partial charge in [0.15, 0.2) is 5.82 Å². The topological polar surface area (TPSA) is 83.6 Å². The van der Waals surface area contributed by atoms with Crippen molar-refractivity contribution >= 4 is 5.91 Å². The van der Waals surface area contributed by atoms with Crippen LogP contribution in [0.1, 0.15) is 42.5 Å². The lowest BCUT2D eigenvalue weighted by atomic mass is 9.83. The van der Waals surface area contributed by atoms with Crippen molar-refractivity contribution < 1.29 is 4.79 Å². The predicted molar refractivity (Wildman–Crippen MR) is 70.5 cm³/mol. The van der Waals surface area contributed by atoms with Gasteiger partial charge in [-0.2, -0.15) is 5.21 Å². The summed E-state index contributed by atoms with van der Waals surface area (Å²) in [4.78, 5) is 12.2. The van der Waals surface area contributed by atoms with Crippen LogP contribution in [0.4, 0.5) is 0 Å². The highest BCUT2D eigenvalue weighted by molar-refractivity contribution is 5.95. The summed E-state index contributed by atoms with van der Waals surface area (Å²) in [5, 5.41) is 16.2. The molecule has 1 aromatic carbocycles. The molecule has 1 heterocycles. The normalized spacial score (nSPS) is 11.3. The standard InChI is InChI=1S/C13H17N5O/c1-13(2,3)10-7-5-4-6-9(10)12(19)14-8-11-15-17-18-16-11/h4-7H,8H2,1-3H3,(H,14,19)(H,15,16,17,18). The van der Waals surface area contributed by atoms with E-state index in [2.05, 4.69) is 46.7 Å². The van der Waals surface area contributed by atoms with E-state index in [1.807, 2.05) is 24.3 Å². The molecule has 0 unspecified atom stereocenters. The van der Waals surface area contributed by atoms with Gasteiger partial charge in [-0.25, -0.2) is 0 Å². The van der Waals surface area contributed by atoms with E-state index in [0.717, 1.165) is 5.56 Å². The second-order valence-corrected chi connectivity index (χ2v) is 5.31. The van der Waals surface area contributed by atoms with Crippen LogP contribution in [0.2, 0.25) is 0 Å². The fraction of sp³-hybridized carbons (Fsp3) is 0.385. The van der Waals surface area contributed by atoms with Crippen LogP contribution < -0.4 is 5.32 Å². The van der Waals surface area contributed by atoms with E-state index >= 15 is 0 Å². The van der Waals surface area contributed by atoms with E-state index in [1.165, 1.54) is 0 Å². The zero-order valence-corrected chi connectivity index (χ0v) is 11.3. The lowest BCUT2D eigenvalue weighted by Crippen LogP contribution is -2.27. The molecular formula is C13H17N5O. The number of nitrogens with zero attached hydrogens (tertiary/aromatic N) is 3. The molecule has 0 radical (unpaired) electrons. The first-order valence-electron chi connectivity index (χ1n) is 6.08. The summed E-state index contributed by atoms with van der Waals surface area (Å²) in [6.45, 7) is 6.50. The lowest BCUT2D eigenvalue weighted by Gasteiger charge is -2.22. The molecule has 2 N–H and O–H groups in total. The molecule has 6 heteroatoms. The molecule has 2 rings (SSSR count). The van der Waals surface area contributed by atoms with Crippen LogP contribution in [0.25, 0.3) is 0 Å². The van der Waals surface area contributed by atoms with E-state index in [-0.39, 0.29) is 17.9 Å². The highest BCUT2D eigenvalue weighted by Gasteiger charge is 2.21. The number of tetrazole rings is 1. The molecule has 100 valence electrons. The molecule has 0 aliphatic rings. The fourth-order valence-electron chi connectivity index (χ4n) is 1.85. The summed E-state index contributed by atoms with van der Waals surface area (Å²) < 4.78 is 0. The first-order valence-corrected chi connectivity index (χ1v) is 6.08. The molecule has 0 bridgehead atoms. The fourth-order valence-corrected chi connectivity index (χ4v) is 1.85. The van der Waals surface area contributed by atoms with Gasteiger partial charge in [-0.1, -0.05) is 44.2 Å². The number of amides is 1. The molecule has 0 aliphatic heterocycles. The van der Waals surface area contributed by atoms with Crippen LogP contribution >= 0.6 is 0 Å². The second kappa shape index (κ2) is 5.17. The van der Waals surface area contributed by atoms with Gasteiger partial charge in [0.2, 0.25) is 0 Å². The monoisotopic (exact) mass is 259 g/mol. The molecule has 2 aromatic rings. The molecule has 0 saturated carbocycles. The molecule has 1 amide bonds. The number of carbonyl (C=O) groups excluding carboxylic acids is 1. The third-order valence-corrected chi connectivity index (χ3v) is 2.78. The number of hydrogen-bond acceptors (Lipinski definition) is 4. The number of benzene rings is 1. The van der Waals surface area contributed by atoms with Gasteiger partial charge in [-0.05, 0) is 17.0 Å². The van der Waals surface area contributed by atoms with E-state index in [9.17, 15) is 4.79 Å². The molecule has 0 atom stereocenters. The smallest absolute Gasteiger partial charge is 0.251 e. The third-order valence-electron chi connectivity index (χ3n) is 2.78. The largest absolute Gasteiger partial charge is 0.345 e. The van der Waals surface area contributed by atoms with Crippen LogP contribution in [-0.2, 0) is 12.0 Å². The van der Waals surface area contributed by atoms with Crippen molar-refractivity contribution in [2.75, 3.05) is 0 Å². The highest BCUT2D eigenvalue weighted by atomic mass is 16.1. The lowest BCUT2D eigenvalue weighted by molar-refractivity contribution is 0.0947. The van der Waals surface area contributed by atoms with Crippen LogP contribution in [0.3, 0.4) is 0 Å². The summed E-state index contributed by atoms with van der Waals surface area (Å²) in [5.74, 6) is 0.330. The summed E-state index contributed by atoms with van der Waals surface area (Å²) in [6, 6.07) is 7.60. The first kappa shape index (κ1) is 13.2. The SMILES string of the molecule is CC(C)(C)c1ccccc1C(=O)NCc1nn[nH]n1. The van der Waals surface area contributed by atoms with Gasteiger partial charge in [-0.3, -0.25) is 4.79 Å². The van der Waals surface area contributed by atoms with Crippen molar-refractivity contribution in [3.8, 4) is 0 Å². The third kappa shape index (κ3) is 3.15. The Morgan fingerprint density at radius 3 is 2.68 bits per heavy atom. The maximum atomic E-state index is 12.2. The second-order valence-electron chi connectivity index (χ2n) is 5.31. The van der Waals surface area contributed by atoms with E-state index in [4.69, 9.17) is 0 Å². The number of carbonyl (C=O) groups is 1. The average molecular weight is 259 g/mol. The Morgan fingerprint density at radius 1 is 1.32 bits per heavy atom. The van der Waals surface area contributed by atoms with Crippen molar-refractivity contribution in [3.63, 3.8) is 0 Å². The van der Waals surface area contributed by atoms with E-state index in [0.29, 0.717) is 11.4 Å². The molecule has 0 fully saturated rings. The van der Waals surface area contributed by atoms with Crippen LogP contribution in [-0.4, -0.2) is 26.5 Å². The zero-order valence-electron chi connectivity index (χ0n) is 11.3. The van der Waals surface area contributed by atoms with Gasteiger partial charge in [0.25, 0.3) is 5.91 Å². The van der Waals surface area contributed by atoms with Gasteiger partial charge in [-0.15, -0.1) is 10.2 Å². The molecule has 19 heavy (non-hydrogen) atoms. The number of aromatic nitrogens is 4. The van der Waals surface area contributed by atoms with Gasteiger partial charge >= 0.3 is 0 Å². The minimum atomic E-state index is -0.129. The summed E-state index contributed by atoms with van der Waals surface area (Å²) in [6.07, 6.45) is 0. The number of rotatable bonds is 3. The minimum Gasteiger partial charge on any atom is -0.345 e. The summed E-state index contributed by atoms with van der Waals surface area (Å²) in [7, 11) is 0. The van der Waals surface area contributed by atoms with Crippen molar-refractivity contribution in [1.29, 1.82) is 0 Å². The Hall–Kier alpha value is -2.24. The molecule has 1 aromatic heterocycles. The summed E-state index contributed by atoms with van der Waals surface area (Å²) in [5.41, 5.74) is 1.61. The molecule has 0 aliphatic carbocycles. The number of hydrogen-bond donors (Lipinski definition) is 2. The van der Waals surface area contributed by atoms with Crippen LogP contribution in [0.15, 0.2) is 24.3 Å². The molecule has 0 spiro atoms. The van der Waals surface area contributed by atoms with Crippen molar-refractivity contribution in [2.45, 2.75) is 32.7 Å². The molecule has 6 nitrogen and oxygen atoms in total. The number of H-pyrrole nitrogens is 1. The van der Waals surface area contributed by atoms with Crippen molar-refractivity contribution in [2.24, 2.45) is 0 Å². The Bertz CT molecular complexity index is 557. The predicted octanol–water partition coefficient (Wildman–Crippen LogP) is 1.43. The van der Waals surface area contributed by atoms with Gasteiger partial charge in [0, 0.05) is 5.56 Å². The molecular weight excluding hydrogens is 242 g/mol. The Balaban J connectivity index is 2.15. The van der Waals surface area contributed by atoms with Gasteiger partial charge in [0.05, 0.1) is 6.54 Å². The zero-order chi connectivity index (χ0) is 13.9. The first-order chi connectivity index (χ1) is 8.98. The van der Waals surface area contributed by atoms with Gasteiger partial charge in [0.1, 0.15) is 0 Å². The Morgan fingerprint density at radius 2 is 2.05 bits per heavy atom. The Kier molecular flexibility index (Phi) is 3.59. The number of aromatic amines is 1. The average Bonchev–Trinajstić information content (AvgIpc) is 2.88. The van der Waals surface area contributed by atoms with Crippen LogP contribution in [0, 0.1) is 0 Å². The van der Waals surface area contributed by atoms with Crippen molar-refractivity contribution in [1.82, 2.24) is 25.9 Å². The van der Waals surface area contributed by atoms with E-state index < -0.39 is 0 Å². The van der Waals surface area contributed by atoms with Crippen LogP contribution in [0.5, 0.6) is 0 Å². The maximum absolute atomic E-state index is 12.2. The Labute approximate surface area is 111 Å². The quantitative estimate of drug-likeness (QED) is 0.873. The molecule has 0 saturated heterocycles.